The van der Waals surface area contributed by atoms with Crippen LogP contribution in [-0.2, 0) is 22.7 Å². The highest BCUT2D eigenvalue weighted by molar-refractivity contribution is 5.94. The van der Waals surface area contributed by atoms with Crippen LogP contribution in [0.1, 0.15) is 5.69 Å². The van der Waals surface area contributed by atoms with Crippen LogP contribution in [-0.4, -0.2) is 15.5 Å². The maximum absolute atomic E-state index is 12.7. The minimum absolute atomic E-state index is 0.0220. The highest BCUT2D eigenvalue weighted by Gasteiger charge is 2.13. The van der Waals surface area contributed by atoms with Crippen LogP contribution in [0.15, 0.2) is 77.7 Å². The molecule has 2 aromatic heterocycles. The second kappa shape index (κ2) is 6.80. The van der Waals surface area contributed by atoms with Crippen LogP contribution in [0.3, 0.4) is 0 Å². The van der Waals surface area contributed by atoms with Crippen molar-refractivity contribution < 1.29 is 9.53 Å². The fraction of sp³-hybridized carbons (Fsp3) is 0.0952. The van der Waals surface area contributed by atoms with Crippen LogP contribution in [0.2, 0.25) is 0 Å². The van der Waals surface area contributed by atoms with Gasteiger partial charge in [-0.25, -0.2) is 0 Å². The Morgan fingerprint density at radius 1 is 0.885 bits per heavy atom. The van der Waals surface area contributed by atoms with Crippen LogP contribution in [0, 0.1) is 0 Å². The zero-order chi connectivity index (χ0) is 17.9. The quantitative estimate of drug-likeness (QED) is 0.421. The number of benzene rings is 2. The largest absolute Gasteiger partial charge is 0.458 e. The Morgan fingerprint density at radius 3 is 2.12 bits per heavy atom. The van der Waals surface area contributed by atoms with E-state index < -0.39 is 0 Å². The summed E-state index contributed by atoms with van der Waals surface area (Å²) >= 11 is 0. The Balaban J connectivity index is 1.72. The molecule has 128 valence electrons. The number of hydrogen-bond donors (Lipinski definition) is 0. The number of hydrogen-bond acceptors (Lipinski definition) is 4. The summed E-state index contributed by atoms with van der Waals surface area (Å²) < 4.78 is 7.19. The number of carbonyl (C=O) groups is 1. The van der Waals surface area contributed by atoms with E-state index in [1.165, 1.54) is 0 Å². The third-order valence-electron chi connectivity index (χ3n) is 4.27. The van der Waals surface area contributed by atoms with E-state index in [1.807, 2.05) is 53.1 Å². The summed E-state index contributed by atoms with van der Waals surface area (Å²) in [4.78, 5) is 29.3. The number of pyridine rings is 2. The van der Waals surface area contributed by atoms with Gasteiger partial charge in [-0.15, -0.1) is 0 Å². The topological polar surface area (TPSA) is 61.2 Å². The van der Waals surface area contributed by atoms with E-state index in [-0.39, 0.29) is 24.5 Å². The molecule has 0 aliphatic rings. The molecule has 5 heteroatoms. The number of fused-ring (bicyclic) bond motifs is 2. The lowest BCUT2D eigenvalue weighted by atomic mass is 10.1. The number of carbonyl (C=O) groups excluding carboxylic acids is 1. The number of esters is 1. The smallest absolute Gasteiger partial charge is 0.326 e. The highest BCUT2D eigenvalue weighted by Crippen LogP contribution is 2.19. The molecular weight excluding hydrogens is 328 g/mol. The van der Waals surface area contributed by atoms with Gasteiger partial charge >= 0.3 is 5.97 Å². The van der Waals surface area contributed by atoms with Crippen molar-refractivity contribution in [2.75, 3.05) is 0 Å². The number of para-hydroxylation sites is 2. The maximum atomic E-state index is 12.7. The standard InChI is InChI=1S/C21H16N2O3/c24-20(26-14-15-7-5-6-12-22-15)13-23-18-10-3-1-8-16(18)21(25)17-9-2-4-11-19(17)23/h1-12H,13-14H2. The van der Waals surface area contributed by atoms with Gasteiger partial charge in [0.15, 0.2) is 5.43 Å². The van der Waals surface area contributed by atoms with Gasteiger partial charge in [0.25, 0.3) is 0 Å². The fourth-order valence-corrected chi connectivity index (χ4v) is 3.06. The molecule has 2 heterocycles. The summed E-state index contributed by atoms with van der Waals surface area (Å²) in [6.45, 7) is 0.143. The molecule has 0 saturated heterocycles. The number of ether oxygens (including phenoxy) is 1. The molecule has 26 heavy (non-hydrogen) atoms. The predicted octanol–water partition coefficient (Wildman–Crippen LogP) is 3.29. The number of rotatable bonds is 4. The van der Waals surface area contributed by atoms with Gasteiger partial charge in [0.2, 0.25) is 0 Å². The van der Waals surface area contributed by atoms with Crippen molar-refractivity contribution in [2.24, 2.45) is 0 Å². The highest BCUT2D eigenvalue weighted by atomic mass is 16.5. The van der Waals surface area contributed by atoms with Gasteiger partial charge in [0, 0.05) is 17.0 Å². The van der Waals surface area contributed by atoms with E-state index in [9.17, 15) is 9.59 Å². The van der Waals surface area contributed by atoms with Crippen molar-refractivity contribution >= 4 is 27.8 Å². The van der Waals surface area contributed by atoms with Gasteiger partial charge in [0.05, 0.1) is 16.7 Å². The van der Waals surface area contributed by atoms with Gasteiger partial charge < -0.3 is 9.30 Å². The number of nitrogens with zero attached hydrogens (tertiary/aromatic N) is 2. The van der Waals surface area contributed by atoms with Crippen LogP contribution >= 0.6 is 0 Å². The van der Waals surface area contributed by atoms with E-state index in [0.717, 1.165) is 0 Å². The second-order valence-corrected chi connectivity index (χ2v) is 5.93. The zero-order valence-corrected chi connectivity index (χ0v) is 14.0. The Bertz CT molecular complexity index is 1090. The molecule has 5 nitrogen and oxygen atoms in total. The molecule has 0 aliphatic carbocycles. The molecule has 0 atom stereocenters. The van der Waals surface area contributed by atoms with Gasteiger partial charge in [-0.05, 0) is 36.4 Å². The lowest BCUT2D eigenvalue weighted by Gasteiger charge is -2.14. The molecule has 0 spiro atoms. The van der Waals surface area contributed by atoms with E-state index >= 15 is 0 Å². The monoisotopic (exact) mass is 344 g/mol. The van der Waals surface area contributed by atoms with Crippen molar-refractivity contribution in [3.05, 3.63) is 88.8 Å². The Kier molecular flexibility index (Phi) is 4.19. The van der Waals surface area contributed by atoms with Crippen molar-refractivity contribution in [1.29, 1.82) is 0 Å². The maximum Gasteiger partial charge on any atom is 0.326 e. The van der Waals surface area contributed by atoms with E-state index in [1.54, 1.807) is 24.4 Å². The summed E-state index contributed by atoms with van der Waals surface area (Å²) in [6, 6.07) is 20.0. The third kappa shape index (κ3) is 2.95. The first-order valence-electron chi connectivity index (χ1n) is 8.30. The van der Waals surface area contributed by atoms with Gasteiger partial charge in [-0.3, -0.25) is 14.6 Å². The predicted molar refractivity (Wildman–Crippen MR) is 99.7 cm³/mol. The van der Waals surface area contributed by atoms with Gasteiger partial charge in [-0.2, -0.15) is 0 Å². The molecule has 0 radical (unpaired) electrons. The van der Waals surface area contributed by atoms with Crippen molar-refractivity contribution in [2.45, 2.75) is 13.2 Å². The Hall–Kier alpha value is -3.47. The lowest BCUT2D eigenvalue weighted by molar-refractivity contribution is -0.145. The van der Waals surface area contributed by atoms with Crippen LogP contribution in [0.4, 0.5) is 0 Å². The van der Waals surface area contributed by atoms with Crippen LogP contribution < -0.4 is 5.43 Å². The molecule has 4 rings (SSSR count). The summed E-state index contributed by atoms with van der Waals surface area (Å²) in [5.41, 5.74) is 2.08. The average Bonchev–Trinajstić information content (AvgIpc) is 2.70. The minimum Gasteiger partial charge on any atom is -0.458 e. The summed E-state index contributed by atoms with van der Waals surface area (Å²) in [6.07, 6.45) is 1.66. The summed E-state index contributed by atoms with van der Waals surface area (Å²) in [5, 5.41) is 1.17. The van der Waals surface area contributed by atoms with Crippen molar-refractivity contribution in [1.82, 2.24) is 9.55 Å². The first-order valence-corrected chi connectivity index (χ1v) is 8.30. The van der Waals surface area contributed by atoms with Crippen LogP contribution in [0.25, 0.3) is 21.8 Å². The summed E-state index contributed by atoms with van der Waals surface area (Å²) in [5.74, 6) is -0.380. The molecule has 0 unspecified atom stereocenters. The Morgan fingerprint density at radius 2 is 1.50 bits per heavy atom. The Labute approximate surface area is 149 Å². The van der Waals surface area contributed by atoms with Gasteiger partial charge in [0.1, 0.15) is 13.2 Å². The first-order chi connectivity index (χ1) is 12.7. The lowest BCUT2D eigenvalue weighted by Crippen LogP contribution is -2.18. The first kappa shape index (κ1) is 16.0. The van der Waals surface area contributed by atoms with Crippen LogP contribution in [0.5, 0.6) is 0 Å². The molecule has 0 amide bonds. The SMILES string of the molecule is O=C(Cn1c2ccccc2c(=O)c2ccccc21)OCc1ccccn1. The van der Waals surface area contributed by atoms with E-state index in [4.69, 9.17) is 4.74 Å². The van der Waals surface area contributed by atoms with Gasteiger partial charge in [-0.1, -0.05) is 30.3 Å². The van der Waals surface area contributed by atoms with E-state index in [0.29, 0.717) is 27.5 Å². The van der Waals surface area contributed by atoms with Crippen molar-refractivity contribution in [3.8, 4) is 0 Å². The fourth-order valence-electron chi connectivity index (χ4n) is 3.06. The molecule has 4 aromatic rings. The van der Waals surface area contributed by atoms with Crippen molar-refractivity contribution in [3.63, 3.8) is 0 Å². The molecule has 0 saturated carbocycles. The number of aromatic nitrogens is 2. The minimum atomic E-state index is -0.380. The zero-order valence-electron chi connectivity index (χ0n) is 14.0. The molecule has 0 N–H and O–H groups in total. The molecule has 0 fully saturated rings. The molecule has 0 bridgehead atoms. The summed E-state index contributed by atoms with van der Waals surface area (Å²) in [7, 11) is 0. The molecular formula is C21H16N2O3. The molecule has 0 aliphatic heterocycles. The average molecular weight is 344 g/mol. The molecule has 2 aromatic carbocycles. The van der Waals surface area contributed by atoms with E-state index in [2.05, 4.69) is 4.98 Å². The normalized spacial score (nSPS) is 10.9. The third-order valence-corrected chi connectivity index (χ3v) is 4.27. The second-order valence-electron chi connectivity index (χ2n) is 5.93.